The molecule has 0 aliphatic carbocycles. The summed E-state index contributed by atoms with van der Waals surface area (Å²) in [5.74, 6) is 0. The molecule has 0 aliphatic rings. The Hall–Kier alpha value is -1.44. The van der Waals surface area contributed by atoms with Crippen LogP contribution in [0.15, 0.2) is 24.3 Å². The van der Waals surface area contributed by atoms with Gasteiger partial charge in [0.1, 0.15) is 5.69 Å². The Labute approximate surface area is 139 Å². The number of aliphatic hydroxyl groups excluding tert-OH is 1. The zero-order valence-corrected chi connectivity index (χ0v) is 15.8. The second-order valence-corrected chi connectivity index (χ2v) is 12.0. The smallest absolute Gasteiger partial charge is 0.292 e. The van der Waals surface area contributed by atoms with Crippen LogP contribution in [0.1, 0.15) is 27.7 Å². The summed E-state index contributed by atoms with van der Waals surface area (Å²) in [4.78, 5) is 10.7. The Morgan fingerprint density at radius 3 is 2.39 bits per heavy atom. The fourth-order valence-corrected chi connectivity index (χ4v) is 3.44. The summed E-state index contributed by atoms with van der Waals surface area (Å²) in [6.07, 6.45) is -0.263. The summed E-state index contributed by atoms with van der Waals surface area (Å²) >= 11 is 0. The van der Waals surface area contributed by atoms with E-state index in [1.807, 2.05) is 6.92 Å². The zero-order valence-electron chi connectivity index (χ0n) is 14.8. The van der Waals surface area contributed by atoms with E-state index in [2.05, 4.69) is 39.2 Å². The molecule has 0 aliphatic heterocycles. The maximum Gasteiger partial charge on any atom is 0.292 e. The van der Waals surface area contributed by atoms with Crippen LogP contribution in [0.5, 0.6) is 0 Å². The minimum absolute atomic E-state index is 0.00882. The largest absolute Gasteiger partial charge is 0.412 e. The van der Waals surface area contributed by atoms with E-state index < -0.39 is 19.3 Å². The van der Waals surface area contributed by atoms with Crippen LogP contribution in [-0.4, -0.2) is 37.1 Å². The molecule has 0 aromatic heterocycles. The molecule has 23 heavy (non-hydrogen) atoms. The van der Waals surface area contributed by atoms with Crippen LogP contribution in [0.4, 0.5) is 11.4 Å². The second-order valence-electron chi connectivity index (χ2n) is 7.29. The molecule has 1 aromatic carbocycles. The number of nitrogens with one attached hydrogen (secondary N) is 1. The number of rotatable bonds is 7. The molecule has 2 atom stereocenters. The van der Waals surface area contributed by atoms with Crippen LogP contribution < -0.4 is 5.32 Å². The van der Waals surface area contributed by atoms with Gasteiger partial charge in [-0.2, -0.15) is 0 Å². The Morgan fingerprint density at radius 2 is 1.91 bits per heavy atom. The first-order valence-corrected chi connectivity index (χ1v) is 10.7. The van der Waals surface area contributed by atoms with Crippen molar-refractivity contribution in [2.45, 2.75) is 58.0 Å². The van der Waals surface area contributed by atoms with Gasteiger partial charge in [0.15, 0.2) is 8.32 Å². The van der Waals surface area contributed by atoms with Crippen molar-refractivity contribution in [1.29, 1.82) is 0 Å². The molecule has 0 fully saturated rings. The number of anilines is 1. The normalized spacial score (nSPS) is 15.1. The van der Waals surface area contributed by atoms with Crippen molar-refractivity contribution in [3.8, 4) is 0 Å². The summed E-state index contributed by atoms with van der Waals surface area (Å²) in [6, 6.07) is 6.01. The number of aliphatic hydroxyl groups is 1. The topological polar surface area (TPSA) is 84.6 Å². The molecule has 0 heterocycles. The van der Waals surface area contributed by atoms with Crippen molar-refractivity contribution in [3.63, 3.8) is 0 Å². The Bertz CT molecular complexity index is 543. The predicted molar refractivity (Wildman–Crippen MR) is 95.3 cm³/mol. The van der Waals surface area contributed by atoms with Gasteiger partial charge in [0, 0.05) is 6.07 Å². The fraction of sp³-hybridized carbons (Fsp3) is 0.625. The van der Waals surface area contributed by atoms with Crippen molar-refractivity contribution in [2.24, 2.45) is 0 Å². The van der Waals surface area contributed by atoms with Crippen LogP contribution >= 0.6 is 0 Å². The third-order valence-electron chi connectivity index (χ3n) is 4.49. The Morgan fingerprint density at radius 1 is 1.35 bits per heavy atom. The van der Waals surface area contributed by atoms with Crippen molar-refractivity contribution in [3.05, 3.63) is 34.4 Å². The third-order valence-corrected chi connectivity index (χ3v) is 9.07. The molecule has 0 saturated carbocycles. The summed E-state index contributed by atoms with van der Waals surface area (Å²) in [5.41, 5.74) is 0.382. The molecule has 1 rings (SSSR count). The van der Waals surface area contributed by atoms with Gasteiger partial charge in [0.2, 0.25) is 0 Å². The SMILES string of the molecule is C[C@@H](O[Si](C)(C)C(C)(C)C)[C@@H](CO)Nc1ccccc1[N+](=O)[O-]. The first kappa shape index (κ1) is 19.6. The molecular formula is C16H28N2O4Si. The number of hydrogen-bond donors (Lipinski definition) is 2. The molecule has 6 nitrogen and oxygen atoms in total. The highest BCUT2D eigenvalue weighted by atomic mass is 28.4. The van der Waals surface area contributed by atoms with Crippen LogP contribution in [0.2, 0.25) is 18.1 Å². The average Bonchev–Trinajstić information content (AvgIpc) is 2.43. The first-order chi connectivity index (χ1) is 10.5. The van der Waals surface area contributed by atoms with E-state index in [0.29, 0.717) is 5.69 Å². The predicted octanol–water partition coefficient (Wildman–Crippen LogP) is 3.78. The quantitative estimate of drug-likeness (QED) is 0.448. The van der Waals surface area contributed by atoms with E-state index in [1.54, 1.807) is 18.2 Å². The van der Waals surface area contributed by atoms with Crippen LogP contribution in [0.3, 0.4) is 0 Å². The van der Waals surface area contributed by atoms with Crippen molar-refractivity contribution in [1.82, 2.24) is 0 Å². The first-order valence-electron chi connectivity index (χ1n) is 7.78. The number of nitro benzene ring substituents is 1. The second kappa shape index (κ2) is 7.42. The van der Waals surface area contributed by atoms with Gasteiger partial charge in [0.25, 0.3) is 5.69 Å². The van der Waals surface area contributed by atoms with Crippen LogP contribution in [0.25, 0.3) is 0 Å². The van der Waals surface area contributed by atoms with Gasteiger partial charge >= 0.3 is 0 Å². The van der Waals surface area contributed by atoms with E-state index in [-0.39, 0.29) is 23.4 Å². The lowest BCUT2D eigenvalue weighted by Gasteiger charge is -2.40. The Balaban J connectivity index is 2.91. The molecule has 0 bridgehead atoms. The van der Waals surface area contributed by atoms with Gasteiger partial charge in [-0.1, -0.05) is 32.9 Å². The molecule has 130 valence electrons. The molecule has 0 amide bonds. The van der Waals surface area contributed by atoms with Crippen molar-refractivity contribution >= 4 is 19.7 Å². The minimum atomic E-state index is -1.98. The summed E-state index contributed by atoms with van der Waals surface area (Å²) in [5, 5.41) is 23.9. The van der Waals surface area contributed by atoms with E-state index in [9.17, 15) is 15.2 Å². The lowest BCUT2D eigenvalue weighted by molar-refractivity contribution is -0.384. The molecule has 0 saturated heterocycles. The fourth-order valence-electron chi connectivity index (χ4n) is 1.99. The van der Waals surface area contributed by atoms with E-state index >= 15 is 0 Å². The number of hydrogen-bond acceptors (Lipinski definition) is 5. The monoisotopic (exact) mass is 340 g/mol. The van der Waals surface area contributed by atoms with Gasteiger partial charge in [-0.3, -0.25) is 10.1 Å². The lowest BCUT2D eigenvalue weighted by atomic mass is 10.1. The lowest BCUT2D eigenvalue weighted by Crippen LogP contribution is -2.48. The van der Waals surface area contributed by atoms with Crippen LogP contribution in [0, 0.1) is 10.1 Å². The summed E-state index contributed by atoms with van der Waals surface area (Å²) < 4.78 is 6.27. The molecule has 2 N–H and O–H groups in total. The van der Waals surface area contributed by atoms with Gasteiger partial charge < -0.3 is 14.8 Å². The summed E-state index contributed by atoms with van der Waals surface area (Å²) in [7, 11) is -1.98. The highest BCUT2D eigenvalue weighted by Crippen LogP contribution is 2.37. The van der Waals surface area contributed by atoms with Crippen molar-refractivity contribution < 1.29 is 14.5 Å². The van der Waals surface area contributed by atoms with E-state index in [0.717, 1.165) is 0 Å². The standard InChI is InChI=1S/C16H28N2O4Si/c1-12(22-23(5,6)16(2,3)4)14(11-19)17-13-9-7-8-10-15(13)18(20)21/h7-10,12,14,17,19H,11H2,1-6H3/t12-,14-/m1/s1. The summed E-state index contributed by atoms with van der Waals surface area (Å²) in [6.45, 7) is 12.5. The van der Waals surface area contributed by atoms with Gasteiger partial charge in [-0.15, -0.1) is 0 Å². The number of nitrogens with zero attached hydrogens (tertiary/aromatic N) is 1. The van der Waals surface area contributed by atoms with Crippen LogP contribution in [-0.2, 0) is 4.43 Å². The Kier molecular flexibility index (Phi) is 6.32. The van der Waals surface area contributed by atoms with E-state index in [1.165, 1.54) is 6.07 Å². The molecule has 7 heteroatoms. The molecular weight excluding hydrogens is 312 g/mol. The van der Waals surface area contributed by atoms with E-state index in [4.69, 9.17) is 4.43 Å². The highest BCUT2D eigenvalue weighted by molar-refractivity contribution is 6.74. The molecule has 0 spiro atoms. The van der Waals surface area contributed by atoms with Crippen molar-refractivity contribution in [2.75, 3.05) is 11.9 Å². The molecule has 0 radical (unpaired) electrons. The highest BCUT2D eigenvalue weighted by Gasteiger charge is 2.39. The van der Waals surface area contributed by atoms with Gasteiger partial charge in [-0.05, 0) is 31.1 Å². The van der Waals surface area contributed by atoms with Gasteiger partial charge in [0.05, 0.1) is 23.7 Å². The molecule has 0 unspecified atom stereocenters. The average molecular weight is 340 g/mol. The number of benzene rings is 1. The number of para-hydroxylation sites is 2. The zero-order chi connectivity index (χ0) is 17.8. The van der Waals surface area contributed by atoms with Gasteiger partial charge in [-0.25, -0.2) is 0 Å². The third kappa shape index (κ3) is 5.02. The molecule has 1 aromatic rings. The number of nitro groups is 1. The maximum absolute atomic E-state index is 11.1. The maximum atomic E-state index is 11.1. The minimum Gasteiger partial charge on any atom is -0.412 e.